The molecule has 1 aromatic heterocycles. The van der Waals surface area contributed by atoms with Gasteiger partial charge in [-0.1, -0.05) is 22.9 Å². The van der Waals surface area contributed by atoms with E-state index in [2.05, 4.69) is 34.0 Å². The standard InChI is InChI=1S/C19H20ClN5O2S/c1-4-25(5-2)15-9-7-14(8-10-15)23-24-19-22-17(20)16(28-19)11-13(12-21)18(26)27-6-3/h7-11H,4-6H2,1-3H3/b13-11+,24-23?. The minimum absolute atomic E-state index is 0.146. The van der Waals surface area contributed by atoms with E-state index >= 15 is 0 Å². The van der Waals surface area contributed by atoms with Gasteiger partial charge in [-0.05, 0) is 51.1 Å². The lowest BCUT2D eigenvalue weighted by atomic mass is 10.2. The predicted octanol–water partition coefficient (Wildman–Crippen LogP) is 5.53. The van der Waals surface area contributed by atoms with Crippen LogP contribution in [-0.4, -0.2) is 30.6 Å². The lowest BCUT2D eigenvalue weighted by Gasteiger charge is -2.20. The fourth-order valence-corrected chi connectivity index (χ4v) is 3.35. The largest absolute Gasteiger partial charge is 0.462 e. The quantitative estimate of drug-likeness (QED) is 0.244. The van der Waals surface area contributed by atoms with Crippen LogP contribution < -0.4 is 4.90 Å². The van der Waals surface area contributed by atoms with E-state index in [1.54, 1.807) is 13.0 Å². The van der Waals surface area contributed by atoms with Crippen molar-refractivity contribution in [2.45, 2.75) is 20.8 Å². The smallest absolute Gasteiger partial charge is 0.348 e. The second-order valence-electron chi connectivity index (χ2n) is 5.43. The molecule has 1 aromatic carbocycles. The molecule has 0 radical (unpaired) electrons. The van der Waals surface area contributed by atoms with Crippen LogP contribution in [0.4, 0.5) is 16.5 Å². The number of anilines is 1. The summed E-state index contributed by atoms with van der Waals surface area (Å²) in [4.78, 5) is 18.5. The van der Waals surface area contributed by atoms with Gasteiger partial charge in [-0.3, -0.25) is 0 Å². The van der Waals surface area contributed by atoms with Gasteiger partial charge in [0.25, 0.3) is 0 Å². The highest BCUT2D eigenvalue weighted by atomic mass is 35.5. The number of carbonyl (C=O) groups is 1. The highest BCUT2D eigenvalue weighted by Crippen LogP contribution is 2.32. The number of carbonyl (C=O) groups excluding carboxylic acids is 1. The molecule has 2 rings (SSSR count). The number of rotatable bonds is 8. The summed E-state index contributed by atoms with van der Waals surface area (Å²) >= 11 is 7.21. The molecule has 0 amide bonds. The highest BCUT2D eigenvalue weighted by molar-refractivity contribution is 7.16. The van der Waals surface area contributed by atoms with Gasteiger partial charge in [-0.2, -0.15) is 5.26 Å². The summed E-state index contributed by atoms with van der Waals surface area (Å²) in [6.45, 7) is 7.92. The van der Waals surface area contributed by atoms with Crippen molar-refractivity contribution in [2.24, 2.45) is 10.2 Å². The molecule has 0 spiro atoms. The van der Waals surface area contributed by atoms with E-state index < -0.39 is 5.97 Å². The summed E-state index contributed by atoms with van der Waals surface area (Å²) < 4.78 is 4.83. The van der Waals surface area contributed by atoms with E-state index in [1.165, 1.54) is 6.08 Å². The second kappa shape index (κ2) is 10.5. The first-order valence-electron chi connectivity index (χ1n) is 8.74. The van der Waals surface area contributed by atoms with Crippen molar-refractivity contribution in [3.63, 3.8) is 0 Å². The van der Waals surface area contributed by atoms with Crippen molar-refractivity contribution in [1.29, 1.82) is 5.26 Å². The first-order valence-corrected chi connectivity index (χ1v) is 9.93. The van der Waals surface area contributed by atoms with Crippen molar-refractivity contribution < 1.29 is 9.53 Å². The third-order valence-corrected chi connectivity index (χ3v) is 5.01. The third kappa shape index (κ3) is 5.62. The summed E-state index contributed by atoms with van der Waals surface area (Å²) in [6, 6.07) is 9.53. The van der Waals surface area contributed by atoms with Crippen molar-refractivity contribution in [3.05, 3.63) is 39.9 Å². The minimum Gasteiger partial charge on any atom is -0.462 e. The summed E-state index contributed by atoms with van der Waals surface area (Å²) in [5, 5.41) is 17.8. The van der Waals surface area contributed by atoms with Crippen LogP contribution in [0.1, 0.15) is 25.6 Å². The molecule has 2 aromatic rings. The molecule has 0 saturated heterocycles. The van der Waals surface area contributed by atoms with Crippen LogP contribution in [0.3, 0.4) is 0 Å². The number of aromatic nitrogens is 1. The van der Waals surface area contributed by atoms with Gasteiger partial charge in [0.1, 0.15) is 16.8 Å². The number of halogens is 1. The molecular formula is C19H20ClN5O2S. The summed E-state index contributed by atoms with van der Waals surface area (Å²) in [6.07, 6.45) is 1.34. The van der Waals surface area contributed by atoms with Crippen molar-refractivity contribution >= 4 is 51.5 Å². The number of hydrogen-bond donors (Lipinski definition) is 0. The Morgan fingerprint density at radius 3 is 2.54 bits per heavy atom. The van der Waals surface area contributed by atoms with Gasteiger partial charge in [-0.15, -0.1) is 10.2 Å². The van der Waals surface area contributed by atoms with Crippen LogP contribution >= 0.6 is 22.9 Å². The van der Waals surface area contributed by atoms with Gasteiger partial charge in [-0.25, -0.2) is 9.78 Å². The van der Waals surface area contributed by atoms with Crippen molar-refractivity contribution in [3.8, 4) is 6.07 Å². The molecule has 0 bridgehead atoms. The van der Waals surface area contributed by atoms with Gasteiger partial charge >= 0.3 is 5.97 Å². The summed E-state index contributed by atoms with van der Waals surface area (Å²) in [5.41, 5.74) is 1.66. The number of thiazole rings is 1. The number of nitriles is 1. The molecule has 1 heterocycles. The maximum atomic E-state index is 11.7. The van der Waals surface area contributed by atoms with Crippen molar-refractivity contribution in [2.75, 3.05) is 24.6 Å². The number of esters is 1. The number of ether oxygens (including phenoxy) is 1. The van der Waals surface area contributed by atoms with Crippen LogP contribution in [0.2, 0.25) is 5.15 Å². The topological polar surface area (TPSA) is 90.9 Å². The summed E-state index contributed by atoms with van der Waals surface area (Å²) in [5.74, 6) is -0.703. The van der Waals surface area contributed by atoms with E-state index in [0.717, 1.165) is 30.1 Å². The monoisotopic (exact) mass is 417 g/mol. The first kappa shape index (κ1) is 21.5. The number of hydrogen-bond acceptors (Lipinski definition) is 8. The van der Waals surface area contributed by atoms with E-state index in [1.807, 2.05) is 24.3 Å². The van der Waals surface area contributed by atoms with Crippen LogP contribution in [0.15, 0.2) is 40.1 Å². The average Bonchev–Trinajstić information content (AvgIpc) is 3.06. The molecule has 0 aliphatic carbocycles. The Labute approximate surface area is 172 Å². The molecule has 0 unspecified atom stereocenters. The molecule has 0 aliphatic rings. The van der Waals surface area contributed by atoms with Crippen molar-refractivity contribution in [1.82, 2.24) is 4.98 Å². The Hall–Kier alpha value is -2.76. The van der Waals surface area contributed by atoms with Crippen LogP contribution in [-0.2, 0) is 9.53 Å². The molecule has 0 aliphatic heterocycles. The number of benzene rings is 1. The van der Waals surface area contributed by atoms with Crippen LogP contribution in [0, 0.1) is 11.3 Å². The second-order valence-corrected chi connectivity index (χ2v) is 6.80. The van der Waals surface area contributed by atoms with Gasteiger partial charge in [0.05, 0.1) is 17.2 Å². The molecule has 28 heavy (non-hydrogen) atoms. The van der Waals surface area contributed by atoms with Gasteiger partial charge in [0.2, 0.25) is 5.13 Å². The SMILES string of the molecule is CCOC(=O)/C(C#N)=C/c1sc(N=Nc2ccc(N(CC)CC)cc2)nc1Cl. The first-order chi connectivity index (χ1) is 13.5. The van der Waals surface area contributed by atoms with E-state index in [-0.39, 0.29) is 17.3 Å². The zero-order valence-corrected chi connectivity index (χ0v) is 17.4. The number of nitrogens with zero attached hydrogens (tertiary/aromatic N) is 5. The zero-order chi connectivity index (χ0) is 20.5. The maximum Gasteiger partial charge on any atom is 0.348 e. The molecule has 9 heteroatoms. The molecule has 0 fully saturated rings. The van der Waals surface area contributed by atoms with Crippen LogP contribution in [0.25, 0.3) is 6.08 Å². The van der Waals surface area contributed by atoms with Gasteiger partial charge < -0.3 is 9.64 Å². The predicted molar refractivity (Wildman–Crippen MR) is 112 cm³/mol. The minimum atomic E-state index is -0.703. The Morgan fingerprint density at radius 1 is 1.29 bits per heavy atom. The lowest BCUT2D eigenvalue weighted by molar-refractivity contribution is -0.137. The average molecular weight is 418 g/mol. The number of azo groups is 1. The molecule has 0 N–H and O–H groups in total. The Kier molecular flexibility index (Phi) is 8.11. The van der Waals surface area contributed by atoms with Gasteiger partial charge in [0.15, 0.2) is 0 Å². The van der Waals surface area contributed by atoms with E-state index in [0.29, 0.717) is 15.7 Å². The molecule has 7 nitrogen and oxygen atoms in total. The third-order valence-electron chi connectivity index (χ3n) is 3.72. The fraction of sp³-hybridized carbons (Fsp3) is 0.316. The van der Waals surface area contributed by atoms with E-state index in [9.17, 15) is 4.79 Å². The summed E-state index contributed by atoms with van der Waals surface area (Å²) in [7, 11) is 0. The zero-order valence-electron chi connectivity index (χ0n) is 15.8. The molecule has 0 atom stereocenters. The van der Waals surface area contributed by atoms with Crippen LogP contribution in [0.5, 0.6) is 0 Å². The highest BCUT2D eigenvalue weighted by Gasteiger charge is 2.14. The fourth-order valence-electron chi connectivity index (χ4n) is 2.33. The molecule has 0 saturated carbocycles. The lowest BCUT2D eigenvalue weighted by Crippen LogP contribution is -2.21. The Balaban J connectivity index is 2.17. The Bertz CT molecular complexity index is 911. The normalized spacial score (nSPS) is 11.5. The van der Waals surface area contributed by atoms with Gasteiger partial charge in [0, 0.05) is 18.8 Å². The Morgan fingerprint density at radius 2 is 1.96 bits per heavy atom. The maximum absolute atomic E-state index is 11.7. The molecular weight excluding hydrogens is 398 g/mol. The van der Waals surface area contributed by atoms with E-state index in [4.69, 9.17) is 21.6 Å². The molecule has 146 valence electrons.